The quantitative estimate of drug-likeness (QED) is 0.203. The third-order valence-electron chi connectivity index (χ3n) is 11.8. The van der Waals surface area contributed by atoms with Gasteiger partial charge in [0.15, 0.2) is 6.29 Å². The lowest BCUT2D eigenvalue weighted by atomic mass is 9.43. The summed E-state index contributed by atoms with van der Waals surface area (Å²) < 4.78 is 11.8. The van der Waals surface area contributed by atoms with E-state index >= 15 is 0 Å². The topological polar surface area (TPSA) is 163 Å². The molecule has 1 heterocycles. The van der Waals surface area contributed by atoms with Crippen LogP contribution < -0.4 is 0 Å². The zero-order valence-corrected chi connectivity index (χ0v) is 22.2. The van der Waals surface area contributed by atoms with E-state index < -0.39 is 59.3 Å². The van der Waals surface area contributed by atoms with Gasteiger partial charge in [0.1, 0.15) is 24.4 Å². The fraction of sp³-hybridized carbons (Fsp3) is 1.00. The van der Waals surface area contributed by atoms with E-state index in [-0.39, 0.29) is 23.4 Å². The standard InChI is InChI=1S/C27H45NO9/c1-14-21(30)22(31)23(32)24(36-14)37-16-6-9-25(2)15(12-16)4-5-18-17(25)7-10-26(3)19(8-11-27(18,26)33)20(29)13-28(34)35/h14-24,29-33H,4-13H2,1-3H3/t14-,15+,16-,17-,18+,19-,20?,21-,22+,23+,24-,25-,26+,27-/m0/s1. The number of hydrogen-bond donors (Lipinski definition) is 5. The van der Waals surface area contributed by atoms with Crippen LogP contribution in [0, 0.1) is 44.6 Å². The van der Waals surface area contributed by atoms with Crippen molar-refractivity contribution in [3.63, 3.8) is 0 Å². The second-order valence-electron chi connectivity index (χ2n) is 13.3. The highest BCUT2D eigenvalue weighted by atomic mass is 16.7. The van der Waals surface area contributed by atoms with Crippen LogP contribution in [0.3, 0.4) is 0 Å². The van der Waals surface area contributed by atoms with Gasteiger partial charge < -0.3 is 35.0 Å². The van der Waals surface area contributed by atoms with E-state index in [2.05, 4.69) is 6.92 Å². The molecule has 5 rings (SSSR count). The van der Waals surface area contributed by atoms with Crippen molar-refractivity contribution in [1.82, 2.24) is 0 Å². The molecule has 5 fully saturated rings. The first-order chi connectivity index (χ1) is 17.3. The zero-order chi connectivity index (χ0) is 26.9. The van der Waals surface area contributed by atoms with Gasteiger partial charge in [-0.3, -0.25) is 10.1 Å². The Morgan fingerprint density at radius 2 is 1.73 bits per heavy atom. The van der Waals surface area contributed by atoms with E-state index in [0.29, 0.717) is 24.7 Å². The molecule has 14 atom stereocenters. The van der Waals surface area contributed by atoms with Gasteiger partial charge in [-0.2, -0.15) is 0 Å². The summed E-state index contributed by atoms with van der Waals surface area (Å²) in [5, 5.41) is 64.5. The van der Waals surface area contributed by atoms with E-state index in [4.69, 9.17) is 9.47 Å². The second-order valence-corrected chi connectivity index (χ2v) is 13.3. The number of ether oxygens (including phenoxy) is 2. The maximum Gasteiger partial charge on any atom is 0.229 e. The molecule has 1 unspecified atom stereocenters. The SMILES string of the molecule is C[C@@H]1O[C@@H](O[C@H]2CC[C@@]3(C)[C@H](CC[C@@H]4[C@@H]3CC[C@]3(C)[C@H](C(O)C[N+](=O)[O-])CC[C@]43O)C2)[C@H](O)[C@H](O)[C@H]1O. The van der Waals surface area contributed by atoms with Crippen molar-refractivity contribution < 1.29 is 39.9 Å². The molecule has 5 N–H and O–H groups in total. The number of nitro groups is 1. The molecule has 0 bridgehead atoms. The Morgan fingerprint density at radius 3 is 2.43 bits per heavy atom. The van der Waals surface area contributed by atoms with Crippen LogP contribution in [0.2, 0.25) is 0 Å². The summed E-state index contributed by atoms with van der Waals surface area (Å²) in [5.74, 6) is 0.576. The number of nitrogens with zero attached hydrogens (tertiary/aromatic N) is 1. The molecule has 10 nitrogen and oxygen atoms in total. The molecule has 0 aromatic rings. The monoisotopic (exact) mass is 527 g/mol. The van der Waals surface area contributed by atoms with Gasteiger partial charge in [0.2, 0.25) is 6.54 Å². The maximum atomic E-state index is 12.2. The van der Waals surface area contributed by atoms with Gasteiger partial charge in [-0.25, -0.2) is 0 Å². The van der Waals surface area contributed by atoms with E-state index in [1.54, 1.807) is 6.92 Å². The fourth-order valence-electron chi connectivity index (χ4n) is 9.56. The molecule has 1 saturated heterocycles. The highest BCUT2D eigenvalue weighted by Crippen LogP contribution is 2.69. The van der Waals surface area contributed by atoms with Crippen LogP contribution in [0.15, 0.2) is 0 Å². The second kappa shape index (κ2) is 9.64. The molecule has 1 aliphatic heterocycles. The van der Waals surface area contributed by atoms with Crippen molar-refractivity contribution in [2.75, 3.05) is 6.54 Å². The summed E-state index contributed by atoms with van der Waals surface area (Å²) in [7, 11) is 0. The number of fused-ring (bicyclic) bond motifs is 5. The smallest absolute Gasteiger partial charge is 0.229 e. The van der Waals surface area contributed by atoms with Crippen LogP contribution in [0.1, 0.15) is 78.6 Å². The summed E-state index contributed by atoms with van der Waals surface area (Å²) in [4.78, 5) is 10.6. The number of aliphatic hydroxyl groups is 5. The maximum absolute atomic E-state index is 12.2. The van der Waals surface area contributed by atoms with Gasteiger partial charge in [0.05, 0.1) is 17.8 Å². The van der Waals surface area contributed by atoms with Crippen LogP contribution in [0.4, 0.5) is 0 Å². The minimum absolute atomic E-state index is 0.0341. The van der Waals surface area contributed by atoms with Crippen LogP contribution in [0.25, 0.3) is 0 Å². The van der Waals surface area contributed by atoms with Gasteiger partial charge in [-0.05, 0) is 93.8 Å². The molecule has 0 amide bonds. The Labute approximate surface area is 218 Å². The van der Waals surface area contributed by atoms with E-state index in [0.717, 1.165) is 44.9 Å². The first-order valence-electron chi connectivity index (χ1n) is 14.2. The average molecular weight is 528 g/mol. The largest absolute Gasteiger partial charge is 0.389 e. The Hall–Kier alpha value is -0.880. The number of hydrogen-bond acceptors (Lipinski definition) is 9. The Morgan fingerprint density at radius 1 is 1.00 bits per heavy atom. The van der Waals surface area contributed by atoms with Crippen LogP contribution in [-0.2, 0) is 9.47 Å². The van der Waals surface area contributed by atoms with Crippen molar-refractivity contribution in [2.45, 2.75) is 127 Å². The molecular formula is C27H45NO9. The van der Waals surface area contributed by atoms with Gasteiger partial charge in [-0.15, -0.1) is 0 Å². The Kier molecular flexibility index (Phi) is 7.21. The van der Waals surface area contributed by atoms with E-state index in [1.807, 2.05) is 6.92 Å². The molecule has 37 heavy (non-hydrogen) atoms. The van der Waals surface area contributed by atoms with Crippen molar-refractivity contribution in [3.05, 3.63) is 10.1 Å². The highest BCUT2D eigenvalue weighted by molar-refractivity contribution is 5.17. The minimum Gasteiger partial charge on any atom is -0.389 e. The molecular weight excluding hydrogens is 482 g/mol. The zero-order valence-electron chi connectivity index (χ0n) is 22.2. The van der Waals surface area contributed by atoms with Gasteiger partial charge in [0, 0.05) is 10.3 Å². The first kappa shape index (κ1) is 27.7. The van der Waals surface area contributed by atoms with Crippen LogP contribution >= 0.6 is 0 Å². The van der Waals surface area contributed by atoms with Gasteiger partial charge >= 0.3 is 0 Å². The average Bonchev–Trinajstić information content (AvgIpc) is 3.12. The molecule has 212 valence electrons. The van der Waals surface area contributed by atoms with Crippen molar-refractivity contribution in [2.24, 2.45) is 34.5 Å². The molecule has 0 aromatic carbocycles. The number of aliphatic hydroxyl groups excluding tert-OH is 4. The molecule has 5 aliphatic rings. The summed E-state index contributed by atoms with van der Waals surface area (Å²) >= 11 is 0. The Balaban J connectivity index is 1.28. The molecule has 0 aromatic heterocycles. The van der Waals surface area contributed by atoms with Crippen molar-refractivity contribution in [1.29, 1.82) is 0 Å². The highest BCUT2D eigenvalue weighted by Gasteiger charge is 2.68. The lowest BCUT2D eigenvalue weighted by Crippen LogP contribution is -2.63. The van der Waals surface area contributed by atoms with Crippen LogP contribution in [0.5, 0.6) is 0 Å². The van der Waals surface area contributed by atoms with Gasteiger partial charge in [-0.1, -0.05) is 13.8 Å². The molecule has 10 heteroatoms. The molecule has 0 radical (unpaired) electrons. The third kappa shape index (κ3) is 4.26. The lowest BCUT2D eigenvalue weighted by Gasteiger charge is -2.64. The lowest BCUT2D eigenvalue weighted by molar-refractivity contribution is -0.493. The third-order valence-corrected chi connectivity index (χ3v) is 11.8. The van der Waals surface area contributed by atoms with Gasteiger partial charge in [0.25, 0.3) is 0 Å². The first-order valence-corrected chi connectivity index (χ1v) is 14.2. The van der Waals surface area contributed by atoms with Crippen LogP contribution in [-0.4, -0.2) is 85.5 Å². The molecule has 4 aliphatic carbocycles. The normalized spacial score (nSPS) is 54.6. The van der Waals surface area contributed by atoms with E-state index in [1.165, 1.54) is 0 Å². The van der Waals surface area contributed by atoms with Crippen molar-refractivity contribution >= 4 is 0 Å². The molecule has 4 saturated carbocycles. The fourth-order valence-corrected chi connectivity index (χ4v) is 9.56. The predicted octanol–water partition coefficient (Wildman–Crippen LogP) is 1.61. The number of rotatable bonds is 5. The summed E-state index contributed by atoms with van der Waals surface area (Å²) in [6.07, 6.45) is 0.720. The predicted molar refractivity (Wildman–Crippen MR) is 132 cm³/mol. The summed E-state index contributed by atoms with van der Waals surface area (Å²) in [5.41, 5.74) is -1.41. The summed E-state index contributed by atoms with van der Waals surface area (Å²) in [6.45, 7) is 5.57. The van der Waals surface area contributed by atoms with E-state index in [9.17, 15) is 35.6 Å². The molecule has 0 spiro atoms. The van der Waals surface area contributed by atoms with Crippen molar-refractivity contribution in [3.8, 4) is 0 Å². The Bertz CT molecular complexity index is 875. The summed E-state index contributed by atoms with van der Waals surface area (Å²) in [6, 6.07) is 0. The minimum atomic E-state index is -1.31.